The second-order valence-corrected chi connectivity index (χ2v) is 6.66. The van der Waals surface area contributed by atoms with Gasteiger partial charge < -0.3 is 11.1 Å². The molecular formula is C15H32N2. The highest BCUT2D eigenvalue weighted by Gasteiger charge is 2.41. The third-order valence-corrected chi connectivity index (χ3v) is 5.40. The van der Waals surface area contributed by atoms with Crippen LogP contribution in [0.2, 0.25) is 0 Å². The molecule has 1 rings (SSSR count). The molecule has 0 aromatic carbocycles. The molecule has 0 radical (unpaired) electrons. The molecule has 3 atom stereocenters. The van der Waals surface area contributed by atoms with Crippen molar-refractivity contribution in [3.63, 3.8) is 0 Å². The van der Waals surface area contributed by atoms with Gasteiger partial charge in [0.05, 0.1) is 0 Å². The molecular weight excluding hydrogens is 208 g/mol. The lowest BCUT2D eigenvalue weighted by Crippen LogP contribution is -2.62. The van der Waals surface area contributed by atoms with Gasteiger partial charge in [-0.15, -0.1) is 0 Å². The van der Waals surface area contributed by atoms with Gasteiger partial charge in [-0.05, 0) is 30.1 Å². The fourth-order valence-corrected chi connectivity index (χ4v) is 2.89. The third-order valence-electron chi connectivity index (χ3n) is 5.40. The monoisotopic (exact) mass is 240 g/mol. The van der Waals surface area contributed by atoms with Gasteiger partial charge in [-0.3, -0.25) is 0 Å². The van der Waals surface area contributed by atoms with E-state index in [4.69, 9.17) is 5.73 Å². The minimum absolute atomic E-state index is 0.351. The third kappa shape index (κ3) is 3.45. The maximum Gasteiger partial charge on any atom is 0.0148 e. The molecule has 1 aliphatic heterocycles. The summed E-state index contributed by atoms with van der Waals surface area (Å²) in [6.07, 6.45) is 6.04. The predicted octanol–water partition coefficient (Wildman–Crippen LogP) is 3.31. The Morgan fingerprint density at radius 3 is 2.29 bits per heavy atom. The topological polar surface area (TPSA) is 38.0 Å². The summed E-state index contributed by atoms with van der Waals surface area (Å²) in [6.45, 7) is 12.8. The van der Waals surface area contributed by atoms with Gasteiger partial charge in [-0.2, -0.15) is 0 Å². The van der Waals surface area contributed by atoms with Gasteiger partial charge in [0.1, 0.15) is 0 Å². The first kappa shape index (κ1) is 15.0. The van der Waals surface area contributed by atoms with Crippen LogP contribution in [0.25, 0.3) is 0 Å². The molecule has 0 spiro atoms. The maximum absolute atomic E-state index is 6.36. The summed E-state index contributed by atoms with van der Waals surface area (Å²) in [5.41, 5.74) is 7.29. The van der Waals surface area contributed by atoms with Crippen molar-refractivity contribution < 1.29 is 0 Å². The molecule has 0 aliphatic carbocycles. The molecule has 0 amide bonds. The highest BCUT2D eigenvalue weighted by molar-refractivity contribution is 4.99. The van der Waals surface area contributed by atoms with Crippen molar-refractivity contribution in [3.05, 3.63) is 0 Å². The van der Waals surface area contributed by atoms with Gasteiger partial charge >= 0.3 is 0 Å². The van der Waals surface area contributed by atoms with Crippen molar-refractivity contribution in [1.82, 2.24) is 5.32 Å². The molecule has 102 valence electrons. The van der Waals surface area contributed by atoms with Crippen LogP contribution in [0.15, 0.2) is 0 Å². The van der Waals surface area contributed by atoms with Crippen LogP contribution in [0.1, 0.15) is 66.7 Å². The predicted molar refractivity (Wildman–Crippen MR) is 76.1 cm³/mol. The molecule has 1 aliphatic rings. The summed E-state index contributed by atoms with van der Waals surface area (Å²) in [7, 11) is 0. The van der Waals surface area contributed by atoms with E-state index in [-0.39, 0.29) is 0 Å². The number of nitrogens with one attached hydrogen (secondary N) is 1. The second-order valence-electron chi connectivity index (χ2n) is 6.66. The molecule has 0 aromatic heterocycles. The quantitative estimate of drug-likeness (QED) is 0.716. The standard InChI is InChI=1S/C15H32N2/c1-6-14(4,7-2)10-12(16)9-13-15(5,8-3)11-17-13/h12-13,17H,6-11,16H2,1-5H3. The highest BCUT2D eigenvalue weighted by Crippen LogP contribution is 2.37. The van der Waals surface area contributed by atoms with Crippen LogP contribution < -0.4 is 11.1 Å². The van der Waals surface area contributed by atoms with E-state index < -0.39 is 0 Å². The summed E-state index contributed by atoms with van der Waals surface area (Å²) in [6, 6.07) is 0.990. The van der Waals surface area contributed by atoms with E-state index in [0.29, 0.717) is 22.9 Å². The minimum atomic E-state index is 0.351. The smallest absolute Gasteiger partial charge is 0.0148 e. The fraction of sp³-hybridized carbons (Fsp3) is 1.00. The van der Waals surface area contributed by atoms with Crippen LogP contribution in [0.5, 0.6) is 0 Å². The first-order valence-electron chi connectivity index (χ1n) is 7.38. The van der Waals surface area contributed by atoms with Crippen LogP contribution in [0.4, 0.5) is 0 Å². The van der Waals surface area contributed by atoms with Gasteiger partial charge in [0.2, 0.25) is 0 Å². The van der Waals surface area contributed by atoms with Crippen molar-refractivity contribution in [1.29, 1.82) is 0 Å². The van der Waals surface area contributed by atoms with Gasteiger partial charge in [-0.1, -0.05) is 47.5 Å². The van der Waals surface area contributed by atoms with Crippen molar-refractivity contribution >= 4 is 0 Å². The van der Waals surface area contributed by atoms with Crippen molar-refractivity contribution in [2.24, 2.45) is 16.6 Å². The molecule has 2 nitrogen and oxygen atoms in total. The summed E-state index contributed by atoms with van der Waals surface area (Å²) in [5, 5.41) is 3.56. The van der Waals surface area contributed by atoms with E-state index in [9.17, 15) is 0 Å². The van der Waals surface area contributed by atoms with Crippen LogP contribution in [0, 0.1) is 10.8 Å². The number of hydrogen-bond acceptors (Lipinski definition) is 2. The van der Waals surface area contributed by atoms with Crippen LogP contribution in [0.3, 0.4) is 0 Å². The number of nitrogens with two attached hydrogens (primary N) is 1. The first-order chi connectivity index (χ1) is 7.89. The zero-order valence-corrected chi connectivity index (χ0v) is 12.5. The Kier molecular flexibility index (Phi) is 5.03. The Labute approximate surface area is 108 Å². The van der Waals surface area contributed by atoms with Gasteiger partial charge in [0, 0.05) is 18.6 Å². The van der Waals surface area contributed by atoms with E-state index >= 15 is 0 Å². The molecule has 3 N–H and O–H groups in total. The molecule has 1 fully saturated rings. The molecule has 0 aromatic rings. The van der Waals surface area contributed by atoms with Gasteiger partial charge in [-0.25, -0.2) is 0 Å². The normalized spacial score (nSPS) is 31.1. The lowest BCUT2D eigenvalue weighted by molar-refractivity contribution is 0.0800. The Hall–Kier alpha value is -0.0800. The molecule has 2 heteroatoms. The molecule has 0 saturated carbocycles. The van der Waals surface area contributed by atoms with Crippen LogP contribution >= 0.6 is 0 Å². The fourth-order valence-electron chi connectivity index (χ4n) is 2.89. The summed E-state index contributed by atoms with van der Waals surface area (Å²) in [4.78, 5) is 0. The summed E-state index contributed by atoms with van der Waals surface area (Å²) in [5.74, 6) is 0. The van der Waals surface area contributed by atoms with Crippen molar-refractivity contribution in [2.45, 2.75) is 78.8 Å². The average Bonchev–Trinajstić information content (AvgIpc) is 2.33. The van der Waals surface area contributed by atoms with Crippen molar-refractivity contribution in [2.75, 3.05) is 6.54 Å². The zero-order valence-electron chi connectivity index (χ0n) is 12.5. The zero-order chi connectivity index (χ0) is 13.1. The summed E-state index contributed by atoms with van der Waals surface area (Å²) >= 11 is 0. The largest absolute Gasteiger partial charge is 0.328 e. The molecule has 0 bridgehead atoms. The van der Waals surface area contributed by atoms with E-state index in [2.05, 4.69) is 39.9 Å². The lowest BCUT2D eigenvalue weighted by Gasteiger charge is -2.49. The van der Waals surface area contributed by atoms with E-state index in [0.717, 1.165) is 12.8 Å². The Morgan fingerprint density at radius 1 is 1.35 bits per heavy atom. The van der Waals surface area contributed by atoms with Crippen LogP contribution in [-0.2, 0) is 0 Å². The molecule has 3 unspecified atom stereocenters. The van der Waals surface area contributed by atoms with Gasteiger partial charge in [0.15, 0.2) is 0 Å². The molecule has 17 heavy (non-hydrogen) atoms. The maximum atomic E-state index is 6.36. The highest BCUT2D eigenvalue weighted by atomic mass is 15.0. The Morgan fingerprint density at radius 2 is 1.94 bits per heavy atom. The minimum Gasteiger partial charge on any atom is -0.328 e. The average molecular weight is 240 g/mol. The first-order valence-corrected chi connectivity index (χ1v) is 7.38. The van der Waals surface area contributed by atoms with E-state index in [1.165, 1.54) is 25.8 Å². The van der Waals surface area contributed by atoms with Crippen LogP contribution in [-0.4, -0.2) is 18.6 Å². The SMILES string of the molecule is CCC(C)(CC)CC(N)CC1NCC1(C)CC. The van der Waals surface area contributed by atoms with Crippen molar-refractivity contribution in [3.8, 4) is 0 Å². The van der Waals surface area contributed by atoms with E-state index in [1.54, 1.807) is 0 Å². The van der Waals surface area contributed by atoms with Gasteiger partial charge in [0.25, 0.3) is 0 Å². The second kappa shape index (κ2) is 5.71. The Bertz CT molecular complexity index is 231. The number of rotatable bonds is 7. The Balaban J connectivity index is 2.42. The lowest BCUT2D eigenvalue weighted by atomic mass is 9.69. The summed E-state index contributed by atoms with van der Waals surface area (Å²) < 4.78 is 0. The molecule has 1 saturated heterocycles. The van der Waals surface area contributed by atoms with E-state index in [1.807, 2.05) is 0 Å². The molecule has 1 heterocycles. The number of hydrogen-bond donors (Lipinski definition) is 2.